The predicted molar refractivity (Wildman–Crippen MR) is 114 cm³/mol. The van der Waals surface area contributed by atoms with Crippen LogP contribution in [0.3, 0.4) is 0 Å². The Kier molecular flexibility index (Phi) is 5.71. The van der Waals surface area contributed by atoms with Crippen LogP contribution in [-0.4, -0.2) is 15.9 Å². The summed E-state index contributed by atoms with van der Waals surface area (Å²) in [6, 6.07) is 7.49. The lowest BCUT2D eigenvalue weighted by Gasteiger charge is -2.40. The average molecular weight is 432 g/mol. The van der Waals surface area contributed by atoms with Crippen LogP contribution in [0.25, 0.3) is 11.3 Å². The van der Waals surface area contributed by atoms with Crippen LogP contribution in [0.5, 0.6) is 0 Å². The highest BCUT2D eigenvalue weighted by molar-refractivity contribution is 6.28. The van der Waals surface area contributed by atoms with Crippen molar-refractivity contribution in [1.29, 1.82) is 0 Å². The molecule has 1 N–H and O–H groups in total. The van der Waals surface area contributed by atoms with Crippen LogP contribution in [0, 0.1) is 23.6 Å². The number of benzene rings is 1. The molecular weight excluding hydrogens is 405 g/mol. The van der Waals surface area contributed by atoms with Crippen LogP contribution in [0.15, 0.2) is 24.3 Å². The van der Waals surface area contributed by atoms with E-state index < -0.39 is 5.82 Å². The lowest BCUT2D eigenvalue weighted by Crippen LogP contribution is -2.37. The molecule has 3 aliphatic rings. The van der Waals surface area contributed by atoms with Gasteiger partial charge in [0.25, 0.3) is 0 Å². The molecule has 2 aromatic rings. The summed E-state index contributed by atoms with van der Waals surface area (Å²) in [5, 5.41) is -0.124. The normalized spacial score (nSPS) is 23.3. The summed E-state index contributed by atoms with van der Waals surface area (Å²) in [6.07, 6.45) is 5.36. The van der Waals surface area contributed by atoms with Crippen molar-refractivity contribution in [3.63, 3.8) is 0 Å². The lowest BCUT2D eigenvalue weighted by atomic mass is 9.65. The zero-order valence-electron chi connectivity index (χ0n) is 17.5. The molecule has 3 fully saturated rings. The summed E-state index contributed by atoms with van der Waals surface area (Å²) >= 11 is 6.02. The molecule has 2 bridgehead atoms. The van der Waals surface area contributed by atoms with E-state index in [0.717, 1.165) is 24.8 Å². The van der Waals surface area contributed by atoms with Crippen molar-refractivity contribution in [3.05, 3.63) is 40.9 Å². The zero-order chi connectivity index (χ0) is 21.5. The van der Waals surface area contributed by atoms with Gasteiger partial charge in [-0.3, -0.25) is 0 Å². The van der Waals surface area contributed by atoms with Gasteiger partial charge >= 0.3 is 5.97 Å². The van der Waals surface area contributed by atoms with Crippen LogP contribution in [0.4, 0.5) is 10.2 Å². The Bertz CT molecular complexity index is 935. The Balaban J connectivity index is 1.51. The first kappa shape index (κ1) is 21.0. The van der Waals surface area contributed by atoms with Crippen molar-refractivity contribution in [3.8, 4) is 11.3 Å². The van der Waals surface area contributed by atoms with E-state index in [4.69, 9.17) is 16.4 Å². The van der Waals surface area contributed by atoms with E-state index in [0.29, 0.717) is 17.4 Å². The van der Waals surface area contributed by atoms with Gasteiger partial charge < -0.3 is 4.84 Å². The topological polar surface area (TPSA) is 64.1 Å². The highest BCUT2D eigenvalue weighted by Crippen LogP contribution is 2.45. The number of halogens is 2. The monoisotopic (exact) mass is 431 g/mol. The first-order valence-corrected chi connectivity index (χ1v) is 10.9. The Morgan fingerprint density at radius 3 is 2.37 bits per heavy atom. The van der Waals surface area contributed by atoms with Crippen LogP contribution in [0.1, 0.15) is 58.4 Å². The molecule has 5 rings (SSSR count). The summed E-state index contributed by atoms with van der Waals surface area (Å²) in [5.41, 5.74) is 4.14. The molecule has 160 valence electrons. The number of anilines is 1. The van der Waals surface area contributed by atoms with Gasteiger partial charge in [0.15, 0.2) is 5.82 Å². The Morgan fingerprint density at radius 2 is 1.80 bits per heavy atom. The third-order valence-electron chi connectivity index (χ3n) is 6.45. The SMILES string of the molecule is CC(C)(C)c1ccc(-c2nc(Cl)nc(NOC(=O)C3CC4CCC3CC4)c2F)cc1. The summed E-state index contributed by atoms with van der Waals surface area (Å²) in [4.78, 5) is 25.7. The predicted octanol–water partition coefficient (Wildman–Crippen LogP) is 5.93. The molecule has 0 amide bonds. The minimum Gasteiger partial charge on any atom is -0.342 e. The summed E-state index contributed by atoms with van der Waals surface area (Å²) in [5.74, 6) is -0.468. The fourth-order valence-electron chi connectivity index (χ4n) is 4.65. The van der Waals surface area contributed by atoms with Crippen LogP contribution >= 0.6 is 11.6 Å². The minimum absolute atomic E-state index is 0.0140. The molecule has 30 heavy (non-hydrogen) atoms. The summed E-state index contributed by atoms with van der Waals surface area (Å²) < 4.78 is 15.1. The van der Waals surface area contributed by atoms with Crippen LogP contribution < -0.4 is 5.48 Å². The second kappa shape index (κ2) is 8.14. The third kappa shape index (κ3) is 4.29. The quantitative estimate of drug-likeness (QED) is 0.480. The fourth-order valence-corrected chi connectivity index (χ4v) is 4.82. The van der Waals surface area contributed by atoms with Gasteiger partial charge in [0, 0.05) is 5.56 Å². The van der Waals surface area contributed by atoms with Gasteiger partial charge in [0.2, 0.25) is 11.1 Å². The van der Waals surface area contributed by atoms with E-state index in [9.17, 15) is 4.79 Å². The van der Waals surface area contributed by atoms with Gasteiger partial charge in [-0.05, 0) is 53.7 Å². The van der Waals surface area contributed by atoms with E-state index in [1.54, 1.807) is 12.1 Å². The van der Waals surface area contributed by atoms with E-state index in [2.05, 4.69) is 36.2 Å². The number of fused-ring (bicyclic) bond motifs is 3. The molecule has 1 heterocycles. The molecule has 0 radical (unpaired) electrons. The summed E-state index contributed by atoms with van der Waals surface area (Å²) in [7, 11) is 0. The molecule has 1 aromatic carbocycles. The van der Waals surface area contributed by atoms with Crippen molar-refractivity contribution in [1.82, 2.24) is 9.97 Å². The van der Waals surface area contributed by atoms with Gasteiger partial charge in [-0.1, -0.05) is 57.9 Å². The molecule has 1 aromatic heterocycles. The van der Waals surface area contributed by atoms with Crippen LogP contribution in [0.2, 0.25) is 5.28 Å². The Hall–Kier alpha value is -2.21. The van der Waals surface area contributed by atoms with Crippen molar-refractivity contribution in [2.24, 2.45) is 17.8 Å². The standard InChI is InChI=1S/C23H27ClFN3O2/c1-23(2,3)16-10-8-15(9-11-16)19-18(25)20(27-22(24)26-19)28-30-21(29)17-12-13-4-6-14(17)7-5-13/h8-11,13-14,17H,4-7,12H2,1-3H3,(H,26,27,28). The number of carbonyl (C=O) groups excluding carboxylic acids is 1. The number of aromatic nitrogens is 2. The van der Waals surface area contributed by atoms with Crippen molar-refractivity contribution < 1.29 is 14.0 Å². The fraction of sp³-hybridized carbons (Fsp3) is 0.522. The van der Waals surface area contributed by atoms with Gasteiger partial charge in [0.05, 0.1) is 5.92 Å². The molecular formula is C23H27ClFN3O2. The highest BCUT2D eigenvalue weighted by Gasteiger charge is 2.40. The zero-order valence-corrected chi connectivity index (χ0v) is 18.3. The van der Waals surface area contributed by atoms with Crippen molar-refractivity contribution in [2.45, 2.75) is 58.3 Å². The van der Waals surface area contributed by atoms with Gasteiger partial charge in [-0.15, -0.1) is 0 Å². The maximum atomic E-state index is 15.1. The first-order chi connectivity index (χ1) is 14.2. The van der Waals surface area contributed by atoms with Crippen LogP contribution in [-0.2, 0) is 15.0 Å². The first-order valence-electron chi connectivity index (χ1n) is 10.5. The smallest absolute Gasteiger partial charge is 0.335 e. The highest BCUT2D eigenvalue weighted by atomic mass is 35.5. The average Bonchev–Trinajstić information content (AvgIpc) is 2.74. The lowest BCUT2D eigenvalue weighted by molar-refractivity contribution is -0.151. The molecule has 0 aliphatic heterocycles. The molecule has 3 aliphatic carbocycles. The van der Waals surface area contributed by atoms with E-state index in [1.165, 1.54) is 12.8 Å². The third-order valence-corrected chi connectivity index (χ3v) is 6.62. The van der Waals surface area contributed by atoms with Crippen molar-refractivity contribution >= 4 is 23.4 Å². The summed E-state index contributed by atoms with van der Waals surface area (Å²) in [6.45, 7) is 6.33. The Labute approximate surface area is 181 Å². The minimum atomic E-state index is -0.708. The van der Waals surface area contributed by atoms with Crippen molar-refractivity contribution in [2.75, 3.05) is 5.48 Å². The molecule has 5 nitrogen and oxygen atoms in total. The second-order valence-corrected chi connectivity index (χ2v) is 9.82. The molecule has 3 saturated carbocycles. The largest absolute Gasteiger partial charge is 0.342 e. The number of nitrogens with zero attached hydrogens (tertiary/aromatic N) is 2. The maximum absolute atomic E-state index is 15.1. The van der Waals surface area contributed by atoms with E-state index >= 15 is 4.39 Å². The maximum Gasteiger partial charge on any atom is 0.335 e. The number of hydrogen-bond donors (Lipinski definition) is 1. The molecule has 1 unspecified atom stereocenters. The number of carbonyl (C=O) groups is 1. The molecule has 0 saturated heterocycles. The molecule has 1 atom stereocenters. The second-order valence-electron chi connectivity index (χ2n) is 9.48. The van der Waals surface area contributed by atoms with Gasteiger partial charge in [-0.25, -0.2) is 14.2 Å². The Morgan fingerprint density at radius 1 is 1.13 bits per heavy atom. The van der Waals surface area contributed by atoms with E-state index in [-0.39, 0.29) is 34.1 Å². The molecule has 7 heteroatoms. The van der Waals surface area contributed by atoms with Gasteiger partial charge in [0.1, 0.15) is 5.69 Å². The van der Waals surface area contributed by atoms with E-state index in [1.807, 2.05) is 12.1 Å². The number of hydrogen-bond acceptors (Lipinski definition) is 5. The molecule has 0 spiro atoms. The number of rotatable bonds is 4. The van der Waals surface area contributed by atoms with Gasteiger partial charge in [-0.2, -0.15) is 10.5 Å². The number of nitrogens with one attached hydrogen (secondary N) is 1.